The summed E-state index contributed by atoms with van der Waals surface area (Å²) in [6, 6.07) is -3.66. The molecule has 0 heterocycles. The lowest BCUT2D eigenvalue weighted by Crippen LogP contribution is -2.60. The maximum absolute atomic E-state index is 14.3. The van der Waals surface area contributed by atoms with E-state index in [1.54, 1.807) is 48.6 Å². The second-order valence-electron chi connectivity index (χ2n) is 18.3. The van der Waals surface area contributed by atoms with Gasteiger partial charge in [0, 0.05) is 18.0 Å². The number of likely N-dealkylation sites (N-methyl/N-ethyl adjacent to an activating group) is 1. The summed E-state index contributed by atoms with van der Waals surface area (Å²) in [6.45, 7) is 16.0. The minimum Gasteiger partial charge on any atom is -0.444 e. The number of aliphatic hydroxyl groups excluding tert-OH is 1. The summed E-state index contributed by atoms with van der Waals surface area (Å²) < 4.78 is 17.0. The summed E-state index contributed by atoms with van der Waals surface area (Å²) in [5, 5.41) is 24.1. The molecule has 19 nitrogen and oxygen atoms in total. The molecule has 1 saturated carbocycles. The Hall–Kier alpha value is -4.19. The van der Waals surface area contributed by atoms with E-state index in [-0.39, 0.29) is 56.6 Å². The molecule has 356 valence electrons. The molecule has 19 heteroatoms. The number of carbonyl (C=O) groups is 6. The van der Waals surface area contributed by atoms with Gasteiger partial charge in [-0.25, -0.2) is 4.79 Å². The normalized spacial score (nSPS) is 17.2. The zero-order chi connectivity index (χ0) is 47.0. The second kappa shape index (κ2) is 29.2. The highest BCUT2D eigenvalue weighted by atomic mass is 16.6. The van der Waals surface area contributed by atoms with Gasteiger partial charge in [0.25, 0.3) is 0 Å². The molecule has 7 N–H and O–H groups in total. The van der Waals surface area contributed by atoms with Gasteiger partial charge in [-0.1, -0.05) is 84.7 Å². The first-order chi connectivity index (χ1) is 29.1. The van der Waals surface area contributed by atoms with Gasteiger partial charge < -0.3 is 51.2 Å². The molecule has 1 aliphatic rings. The molecular weight excluding hydrogens is 803 g/mol. The fraction of sp³-hybridized carbons (Fsp3) is 0.860. The maximum atomic E-state index is 14.3. The first kappa shape index (κ1) is 55.8. The number of ether oxygens (including phenoxy) is 3. The third kappa shape index (κ3) is 22.2. The van der Waals surface area contributed by atoms with Gasteiger partial charge in [-0.05, 0) is 70.7 Å². The summed E-state index contributed by atoms with van der Waals surface area (Å²) >= 11 is 0. The van der Waals surface area contributed by atoms with Crippen LogP contribution in [-0.4, -0.2) is 128 Å². The number of rotatable bonds is 29. The van der Waals surface area contributed by atoms with Crippen LogP contribution in [0, 0.1) is 23.7 Å². The summed E-state index contributed by atoms with van der Waals surface area (Å²) in [5.74, 6) is -4.02. The van der Waals surface area contributed by atoms with Crippen molar-refractivity contribution in [3.63, 3.8) is 0 Å². The highest BCUT2D eigenvalue weighted by Crippen LogP contribution is 2.28. The number of azide groups is 1. The molecular formula is C43H79N9O10. The van der Waals surface area contributed by atoms with Crippen LogP contribution in [0.4, 0.5) is 4.79 Å². The van der Waals surface area contributed by atoms with Crippen LogP contribution in [0.1, 0.15) is 133 Å². The van der Waals surface area contributed by atoms with Gasteiger partial charge in [0.15, 0.2) is 0 Å². The van der Waals surface area contributed by atoms with Crippen molar-refractivity contribution in [1.29, 1.82) is 0 Å². The molecule has 6 amide bonds. The summed E-state index contributed by atoms with van der Waals surface area (Å²) in [6.07, 6.45) is 6.47. The van der Waals surface area contributed by atoms with Crippen LogP contribution in [0.3, 0.4) is 0 Å². The lowest BCUT2D eigenvalue weighted by Gasteiger charge is -2.36. The van der Waals surface area contributed by atoms with Crippen molar-refractivity contribution in [2.45, 2.75) is 175 Å². The zero-order valence-corrected chi connectivity index (χ0v) is 39.1. The van der Waals surface area contributed by atoms with Crippen molar-refractivity contribution in [3.05, 3.63) is 10.4 Å². The van der Waals surface area contributed by atoms with E-state index in [1.165, 1.54) is 4.90 Å². The minimum atomic E-state index is -1.28. The highest BCUT2D eigenvalue weighted by Gasteiger charge is 2.38. The predicted octanol–water partition coefficient (Wildman–Crippen LogP) is 4.24. The Balaban J connectivity index is 3.18. The number of amides is 6. The topological polar surface area (TPSA) is 276 Å². The number of nitrogens with one attached hydrogen (secondary N) is 4. The molecule has 0 spiro atoms. The van der Waals surface area contributed by atoms with Gasteiger partial charge in [-0.2, -0.15) is 0 Å². The van der Waals surface area contributed by atoms with E-state index in [1.807, 2.05) is 13.8 Å². The molecule has 0 saturated heterocycles. The van der Waals surface area contributed by atoms with Gasteiger partial charge in [0.05, 0.1) is 57.0 Å². The van der Waals surface area contributed by atoms with E-state index >= 15 is 0 Å². The monoisotopic (exact) mass is 882 g/mol. The number of nitrogens with two attached hydrogens (primary N) is 1. The van der Waals surface area contributed by atoms with Crippen molar-refractivity contribution in [1.82, 2.24) is 26.2 Å². The van der Waals surface area contributed by atoms with Gasteiger partial charge in [-0.15, -0.1) is 0 Å². The Labute approximate surface area is 369 Å². The first-order valence-electron chi connectivity index (χ1n) is 22.4. The maximum Gasteiger partial charge on any atom is 0.407 e. The molecule has 0 aromatic carbocycles. The van der Waals surface area contributed by atoms with Gasteiger partial charge >= 0.3 is 6.09 Å². The van der Waals surface area contributed by atoms with Crippen LogP contribution in [0.15, 0.2) is 5.11 Å². The lowest BCUT2D eigenvalue weighted by atomic mass is 9.83. The zero-order valence-electron chi connectivity index (χ0n) is 39.1. The molecule has 0 aliphatic heterocycles. The van der Waals surface area contributed by atoms with Crippen molar-refractivity contribution >= 4 is 35.6 Å². The van der Waals surface area contributed by atoms with Gasteiger partial charge in [-0.3, -0.25) is 24.0 Å². The summed E-state index contributed by atoms with van der Waals surface area (Å²) in [7, 11) is 1.59. The van der Waals surface area contributed by atoms with E-state index in [2.05, 4.69) is 38.2 Å². The van der Waals surface area contributed by atoms with E-state index < -0.39 is 77.6 Å². The average molecular weight is 882 g/mol. The fourth-order valence-corrected chi connectivity index (χ4v) is 7.20. The number of unbranched alkanes of at least 4 members (excludes halogenated alkanes) is 3. The predicted molar refractivity (Wildman–Crippen MR) is 235 cm³/mol. The van der Waals surface area contributed by atoms with Crippen molar-refractivity contribution in [3.8, 4) is 0 Å². The van der Waals surface area contributed by atoms with Crippen LogP contribution < -0.4 is 27.0 Å². The van der Waals surface area contributed by atoms with Gasteiger partial charge in [0.2, 0.25) is 29.5 Å². The summed E-state index contributed by atoms with van der Waals surface area (Å²) in [5.41, 5.74) is 13.3. The molecule has 1 rings (SSSR count). The largest absolute Gasteiger partial charge is 0.444 e. The highest BCUT2D eigenvalue weighted by molar-refractivity contribution is 5.94. The number of hydrogen-bond acceptors (Lipinski definition) is 11. The molecule has 1 fully saturated rings. The molecule has 0 radical (unpaired) electrons. The average Bonchev–Trinajstić information content (AvgIpc) is 3.20. The van der Waals surface area contributed by atoms with E-state index in [4.69, 9.17) is 25.5 Å². The van der Waals surface area contributed by atoms with E-state index in [9.17, 15) is 33.9 Å². The lowest BCUT2D eigenvalue weighted by molar-refractivity contribution is -0.147. The van der Waals surface area contributed by atoms with Crippen LogP contribution >= 0.6 is 0 Å². The molecule has 0 aromatic heterocycles. The smallest absolute Gasteiger partial charge is 0.407 e. The van der Waals surface area contributed by atoms with E-state index in [0.29, 0.717) is 25.7 Å². The van der Waals surface area contributed by atoms with Crippen LogP contribution in [-0.2, 0) is 38.2 Å². The van der Waals surface area contributed by atoms with Crippen LogP contribution in [0.5, 0.6) is 0 Å². The number of carbonyl (C=O) groups excluding carboxylic acids is 6. The third-order valence-corrected chi connectivity index (χ3v) is 10.7. The third-order valence-electron chi connectivity index (χ3n) is 10.7. The number of nitrogens with zero attached hydrogens (tertiary/aromatic N) is 4. The van der Waals surface area contributed by atoms with Crippen LogP contribution in [0.25, 0.3) is 10.4 Å². The fourth-order valence-electron chi connectivity index (χ4n) is 7.20. The van der Waals surface area contributed by atoms with E-state index in [0.717, 1.165) is 44.9 Å². The summed E-state index contributed by atoms with van der Waals surface area (Å²) in [4.78, 5) is 84.3. The second-order valence-corrected chi connectivity index (χ2v) is 18.3. The first-order valence-corrected chi connectivity index (χ1v) is 22.4. The quantitative estimate of drug-likeness (QED) is 0.0269. The Bertz CT molecular complexity index is 1450. The van der Waals surface area contributed by atoms with Crippen molar-refractivity contribution in [2.24, 2.45) is 34.5 Å². The molecule has 8 atom stereocenters. The van der Waals surface area contributed by atoms with Crippen molar-refractivity contribution in [2.75, 3.05) is 40.0 Å². The number of primary amides is 1. The molecule has 1 aliphatic carbocycles. The number of hydrogen-bond donors (Lipinski definition) is 6. The SMILES string of the molecule is CCCCCC[C@@H](OC[C@@H](C)NC(=O)[C@@H](C)COCC(O)CN=[N+]=[N-])[C@@H](C)C(=O)N(C)[C@@H](CC(C)C)C(=O)N[C@H](C(=O)N[C@@H](CNC(=O)OC(C)(C)C)C(N)=O)C1CCCCC1. The Morgan fingerprint density at radius 1 is 0.903 bits per heavy atom. The number of aliphatic hydroxyl groups is 1. The molecule has 62 heavy (non-hydrogen) atoms. The Morgan fingerprint density at radius 2 is 1.56 bits per heavy atom. The van der Waals surface area contributed by atoms with Crippen molar-refractivity contribution < 1.29 is 48.1 Å². The standard InChI is InChI=1S/C43H79N9O10/c1-11-12-13-17-20-35(61-25-29(5)48-38(55)28(4)24-60-26-32(53)22-47-51-45)30(6)41(58)52(10)34(21-27(2)3)39(56)50-36(31-18-15-14-16-19-31)40(57)49-33(37(44)54)23-46-42(59)62-43(7,8)9/h27-36,53H,11-26H2,1-10H3,(H2,44,54)(H,46,59)(H,48,55)(H,49,57)(H,50,56)/t28-,29+,30+,32?,33-,34-,35+,36-/m0/s1. The number of alkyl carbamates (subject to hydrolysis) is 1. The Kier molecular flexibility index (Phi) is 26.3. The molecule has 0 bridgehead atoms. The minimum absolute atomic E-state index is 0.00225. The van der Waals surface area contributed by atoms with Gasteiger partial charge in [0.1, 0.15) is 23.7 Å². The Morgan fingerprint density at radius 3 is 2.15 bits per heavy atom. The molecule has 1 unspecified atom stereocenters. The van der Waals surface area contributed by atoms with Crippen LogP contribution in [0.2, 0.25) is 0 Å². The molecule has 0 aromatic rings.